The maximum atomic E-state index is 11.5. The van der Waals surface area contributed by atoms with Crippen molar-refractivity contribution in [3.8, 4) is 0 Å². The number of nitrogens with one attached hydrogen (secondary N) is 2. The second-order valence-electron chi connectivity index (χ2n) is 3.76. The van der Waals surface area contributed by atoms with Crippen molar-refractivity contribution in [3.63, 3.8) is 0 Å². The van der Waals surface area contributed by atoms with E-state index in [2.05, 4.69) is 15.6 Å². The van der Waals surface area contributed by atoms with Crippen LogP contribution < -0.4 is 10.6 Å². The third-order valence-corrected chi connectivity index (χ3v) is 2.01. The summed E-state index contributed by atoms with van der Waals surface area (Å²) in [4.78, 5) is 15.5. The van der Waals surface area contributed by atoms with Crippen molar-refractivity contribution in [2.24, 2.45) is 7.05 Å². The van der Waals surface area contributed by atoms with E-state index in [9.17, 15) is 4.79 Å². The molecule has 1 aliphatic rings. The normalized spacial score (nSPS) is 18.8. The molecule has 0 aliphatic carbocycles. The predicted molar refractivity (Wildman–Crippen MR) is 48.4 cm³/mol. The van der Waals surface area contributed by atoms with Gasteiger partial charge in [0.2, 0.25) is 0 Å². The monoisotopic (exact) mass is 180 g/mol. The highest BCUT2D eigenvalue weighted by Gasteiger charge is 2.31. The topological polar surface area (TPSA) is 59.0 Å². The van der Waals surface area contributed by atoms with Crippen molar-refractivity contribution in [1.82, 2.24) is 14.9 Å². The van der Waals surface area contributed by atoms with Crippen molar-refractivity contribution in [1.29, 1.82) is 0 Å². The third kappa shape index (κ3) is 1.16. The molecule has 2 rings (SSSR count). The van der Waals surface area contributed by atoms with Crippen LogP contribution in [0.3, 0.4) is 0 Å². The predicted octanol–water partition coefficient (Wildman–Crippen LogP) is 0.311. The molecule has 70 valence electrons. The zero-order valence-corrected chi connectivity index (χ0v) is 7.88. The molecule has 0 aromatic carbocycles. The minimum atomic E-state index is -0.405. The molecule has 0 bridgehead atoms. The molecule has 0 unspecified atom stereocenters. The molecule has 0 saturated heterocycles. The van der Waals surface area contributed by atoms with Crippen LogP contribution in [0, 0.1) is 0 Å². The lowest BCUT2D eigenvalue weighted by Gasteiger charge is -2.32. The zero-order valence-electron chi connectivity index (χ0n) is 7.88. The first kappa shape index (κ1) is 8.10. The minimum Gasteiger partial charge on any atom is -0.347 e. The Bertz CT molecular complexity index is 366. The van der Waals surface area contributed by atoms with Gasteiger partial charge in [0.05, 0.1) is 6.33 Å². The maximum Gasteiger partial charge on any atom is 0.275 e. The van der Waals surface area contributed by atoms with Crippen molar-refractivity contribution >= 4 is 11.7 Å². The molecule has 0 fully saturated rings. The standard InChI is InChI=1S/C8H12N4O/c1-8(2)10-6-5(7(13)11-8)9-4-12(6)3/h4,10H,1-3H3,(H,11,13). The second kappa shape index (κ2) is 2.25. The summed E-state index contributed by atoms with van der Waals surface area (Å²) in [6.45, 7) is 3.81. The molecule has 1 aromatic rings. The quantitative estimate of drug-likeness (QED) is 0.604. The van der Waals surface area contributed by atoms with Gasteiger partial charge in [-0.05, 0) is 13.8 Å². The highest BCUT2D eigenvalue weighted by atomic mass is 16.2. The van der Waals surface area contributed by atoms with Gasteiger partial charge < -0.3 is 15.2 Å². The summed E-state index contributed by atoms with van der Waals surface area (Å²) in [5.41, 5.74) is 0.0551. The number of hydrogen-bond donors (Lipinski definition) is 2. The average Bonchev–Trinajstić information content (AvgIpc) is 2.30. The first-order chi connectivity index (χ1) is 5.99. The zero-order chi connectivity index (χ0) is 9.64. The molecule has 0 spiro atoms. The Morgan fingerprint density at radius 1 is 1.46 bits per heavy atom. The Morgan fingerprint density at radius 2 is 2.15 bits per heavy atom. The van der Waals surface area contributed by atoms with E-state index < -0.39 is 5.66 Å². The number of hydrogen-bond acceptors (Lipinski definition) is 3. The fraction of sp³-hybridized carbons (Fsp3) is 0.500. The molecule has 1 amide bonds. The fourth-order valence-electron chi connectivity index (χ4n) is 1.41. The average molecular weight is 180 g/mol. The van der Waals surface area contributed by atoms with E-state index in [0.717, 1.165) is 5.82 Å². The molecule has 1 aliphatic heterocycles. The number of carbonyl (C=O) groups is 1. The molecule has 0 saturated carbocycles. The second-order valence-corrected chi connectivity index (χ2v) is 3.76. The molecule has 1 aromatic heterocycles. The van der Waals surface area contributed by atoms with E-state index in [-0.39, 0.29) is 5.91 Å². The number of imidazole rings is 1. The van der Waals surface area contributed by atoms with Gasteiger partial charge in [0.15, 0.2) is 5.69 Å². The molecular weight excluding hydrogens is 168 g/mol. The molecule has 2 N–H and O–H groups in total. The number of aryl methyl sites for hydroxylation is 1. The van der Waals surface area contributed by atoms with Crippen molar-refractivity contribution in [3.05, 3.63) is 12.0 Å². The Balaban J connectivity index is 2.51. The highest BCUT2D eigenvalue weighted by Crippen LogP contribution is 2.22. The van der Waals surface area contributed by atoms with E-state index in [1.54, 1.807) is 10.9 Å². The summed E-state index contributed by atoms with van der Waals surface area (Å²) in [7, 11) is 1.85. The smallest absolute Gasteiger partial charge is 0.275 e. The summed E-state index contributed by atoms with van der Waals surface area (Å²) >= 11 is 0. The SMILES string of the molecule is Cn1cnc2c1NC(C)(C)NC2=O. The van der Waals surface area contributed by atoms with E-state index in [1.807, 2.05) is 20.9 Å². The minimum absolute atomic E-state index is 0.126. The summed E-state index contributed by atoms with van der Waals surface area (Å²) in [5, 5.41) is 5.98. The van der Waals surface area contributed by atoms with Gasteiger partial charge in [0, 0.05) is 7.05 Å². The lowest BCUT2D eigenvalue weighted by Crippen LogP contribution is -2.53. The summed E-state index contributed by atoms with van der Waals surface area (Å²) in [6.07, 6.45) is 1.62. The van der Waals surface area contributed by atoms with E-state index in [1.165, 1.54) is 0 Å². The molecule has 13 heavy (non-hydrogen) atoms. The molecule has 2 heterocycles. The Kier molecular flexibility index (Phi) is 1.40. The first-order valence-corrected chi connectivity index (χ1v) is 4.11. The number of anilines is 1. The first-order valence-electron chi connectivity index (χ1n) is 4.11. The van der Waals surface area contributed by atoms with Crippen LogP contribution >= 0.6 is 0 Å². The van der Waals surface area contributed by atoms with Gasteiger partial charge in [0.1, 0.15) is 11.5 Å². The van der Waals surface area contributed by atoms with E-state index in [4.69, 9.17) is 0 Å². The van der Waals surface area contributed by atoms with Crippen LogP contribution in [-0.4, -0.2) is 21.1 Å². The van der Waals surface area contributed by atoms with Gasteiger partial charge in [-0.1, -0.05) is 0 Å². The Morgan fingerprint density at radius 3 is 2.85 bits per heavy atom. The van der Waals surface area contributed by atoms with Crippen LogP contribution in [0.1, 0.15) is 24.3 Å². The van der Waals surface area contributed by atoms with Crippen LogP contribution in [-0.2, 0) is 7.05 Å². The van der Waals surface area contributed by atoms with Crippen LogP contribution in [0.25, 0.3) is 0 Å². The molecule has 5 nitrogen and oxygen atoms in total. The van der Waals surface area contributed by atoms with Gasteiger partial charge in [0.25, 0.3) is 5.91 Å². The fourth-order valence-corrected chi connectivity index (χ4v) is 1.41. The summed E-state index contributed by atoms with van der Waals surface area (Å²) in [6, 6.07) is 0. The number of amides is 1. The largest absolute Gasteiger partial charge is 0.347 e. The molecular formula is C8H12N4O. The maximum absolute atomic E-state index is 11.5. The highest BCUT2D eigenvalue weighted by molar-refractivity contribution is 5.99. The van der Waals surface area contributed by atoms with Crippen molar-refractivity contribution in [2.75, 3.05) is 5.32 Å². The summed E-state index contributed by atoms with van der Waals surface area (Å²) < 4.78 is 1.80. The Hall–Kier alpha value is -1.52. The lowest BCUT2D eigenvalue weighted by atomic mass is 10.1. The van der Waals surface area contributed by atoms with Crippen LogP contribution in [0.15, 0.2) is 6.33 Å². The number of rotatable bonds is 0. The van der Waals surface area contributed by atoms with E-state index in [0.29, 0.717) is 5.69 Å². The van der Waals surface area contributed by atoms with Crippen molar-refractivity contribution in [2.45, 2.75) is 19.5 Å². The van der Waals surface area contributed by atoms with Gasteiger partial charge in [-0.3, -0.25) is 4.79 Å². The Labute approximate surface area is 76.2 Å². The number of aromatic nitrogens is 2. The van der Waals surface area contributed by atoms with Gasteiger partial charge in [-0.15, -0.1) is 0 Å². The molecule has 0 radical (unpaired) electrons. The number of carbonyl (C=O) groups excluding carboxylic acids is 1. The molecule has 0 atom stereocenters. The van der Waals surface area contributed by atoms with Crippen molar-refractivity contribution < 1.29 is 4.79 Å². The van der Waals surface area contributed by atoms with Crippen LogP contribution in [0.5, 0.6) is 0 Å². The molecule has 5 heteroatoms. The number of nitrogens with zero attached hydrogens (tertiary/aromatic N) is 2. The van der Waals surface area contributed by atoms with E-state index >= 15 is 0 Å². The number of fused-ring (bicyclic) bond motifs is 1. The van der Waals surface area contributed by atoms with Gasteiger partial charge in [-0.2, -0.15) is 0 Å². The summed E-state index contributed by atoms with van der Waals surface area (Å²) in [5.74, 6) is 0.646. The van der Waals surface area contributed by atoms with Gasteiger partial charge in [-0.25, -0.2) is 4.98 Å². The van der Waals surface area contributed by atoms with Crippen LogP contribution in [0.4, 0.5) is 5.82 Å². The lowest BCUT2D eigenvalue weighted by molar-refractivity contribution is 0.0909. The third-order valence-electron chi connectivity index (χ3n) is 2.01. The van der Waals surface area contributed by atoms with Gasteiger partial charge >= 0.3 is 0 Å². The van der Waals surface area contributed by atoms with Crippen LogP contribution in [0.2, 0.25) is 0 Å².